The largest absolute Gasteiger partial charge is 0.699 e. The monoisotopic (exact) mass is 266 g/mol. The molecule has 0 bridgehead atoms. The van der Waals surface area contributed by atoms with E-state index in [9.17, 15) is 10.1 Å². The first-order valence-electron chi connectivity index (χ1n) is 6.15. The topological polar surface area (TPSA) is 46.4 Å². The Labute approximate surface area is 117 Å². The molecule has 0 N–H and O–H groups in total. The summed E-state index contributed by atoms with van der Waals surface area (Å²) in [5.41, 5.74) is 1.71. The predicted octanol–water partition coefficient (Wildman–Crippen LogP) is 3.82. The van der Waals surface area contributed by atoms with E-state index >= 15 is 0 Å². The Bertz CT molecular complexity index is 607. The Hall–Kier alpha value is -2.72. The number of nitrogens with zero attached hydrogens (tertiary/aromatic N) is 2. The van der Waals surface area contributed by atoms with Gasteiger partial charge in [0.15, 0.2) is 0 Å². The second-order valence-electron chi connectivity index (χ2n) is 4.06. The Morgan fingerprint density at radius 2 is 1.35 bits per heavy atom. The van der Waals surface area contributed by atoms with Crippen LogP contribution in [0.2, 0.25) is 0 Å². The lowest BCUT2D eigenvalue weighted by Gasteiger charge is -2.10. The van der Waals surface area contributed by atoms with E-state index in [4.69, 9.17) is 0 Å². The summed E-state index contributed by atoms with van der Waals surface area (Å²) in [6, 6.07) is 18.6. The van der Waals surface area contributed by atoms with Gasteiger partial charge in [0, 0.05) is 6.08 Å². The lowest BCUT2D eigenvalue weighted by atomic mass is 10.2. The summed E-state index contributed by atoms with van der Waals surface area (Å²) in [6.07, 6.45) is 5.51. The van der Waals surface area contributed by atoms with Gasteiger partial charge in [-0.3, -0.25) is 0 Å². The minimum absolute atomic E-state index is 0.229. The molecule has 2 aromatic rings. The zero-order chi connectivity index (χ0) is 14.2. The average molecular weight is 266 g/mol. The average Bonchev–Trinajstić information content (AvgIpc) is 2.52. The molecule has 0 radical (unpaired) electrons. The van der Waals surface area contributed by atoms with Gasteiger partial charge >= 0.3 is 0 Å². The second-order valence-corrected chi connectivity index (χ2v) is 4.06. The molecule has 0 spiro atoms. The van der Waals surface area contributed by atoms with Gasteiger partial charge in [-0.2, -0.15) is 5.17 Å². The SMILES string of the molecule is O=[N+](C=Cc1ccccc1)N([O-])C=Cc1ccccc1. The van der Waals surface area contributed by atoms with Crippen molar-refractivity contribution in [2.75, 3.05) is 0 Å². The van der Waals surface area contributed by atoms with E-state index in [0.717, 1.165) is 11.1 Å². The highest BCUT2D eigenvalue weighted by Gasteiger charge is 2.02. The Morgan fingerprint density at radius 1 is 0.850 bits per heavy atom. The molecule has 20 heavy (non-hydrogen) atoms. The van der Waals surface area contributed by atoms with Crippen molar-refractivity contribution in [3.8, 4) is 0 Å². The van der Waals surface area contributed by atoms with Gasteiger partial charge < -0.3 is 5.21 Å². The summed E-state index contributed by atoms with van der Waals surface area (Å²) in [4.78, 5) is 11.8. The van der Waals surface area contributed by atoms with Crippen LogP contribution in [0, 0.1) is 10.1 Å². The fourth-order valence-corrected chi connectivity index (χ4v) is 1.56. The zero-order valence-corrected chi connectivity index (χ0v) is 10.8. The summed E-state index contributed by atoms with van der Waals surface area (Å²) in [6.45, 7) is 0. The van der Waals surface area contributed by atoms with Crippen LogP contribution in [0.5, 0.6) is 0 Å². The molecule has 0 fully saturated rings. The first kappa shape index (κ1) is 13.7. The standard InChI is InChI=1S/C16H14N2O2/c19-17(13-11-15-7-3-1-4-8-15)18(20)14-12-16-9-5-2-6-10-16/h1-14H. The van der Waals surface area contributed by atoms with E-state index in [1.165, 1.54) is 12.4 Å². The number of hydrogen-bond donors (Lipinski definition) is 0. The van der Waals surface area contributed by atoms with Crippen LogP contribution in [0.1, 0.15) is 11.1 Å². The van der Waals surface area contributed by atoms with E-state index in [-0.39, 0.29) is 10.0 Å². The molecule has 0 aromatic heterocycles. The fourth-order valence-electron chi connectivity index (χ4n) is 1.56. The molecular weight excluding hydrogens is 252 g/mol. The van der Waals surface area contributed by atoms with E-state index < -0.39 is 0 Å². The number of rotatable bonds is 5. The molecule has 0 amide bonds. The molecule has 0 saturated heterocycles. The first-order chi connectivity index (χ1) is 9.75. The fraction of sp³-hybridized carbons (Fsp3) is 0. The van der Waals surface area contributed by atoms with Crippen LogP contribution in [0.15, 0.2) is 73.1 Å². The van der Waals surface area contributed by atoms with Crippen molar-refractivity contribution in [1.29, 1.82) is 0 Å². The van der Waals surface area contributed by atoms with E-state index in [2.05, 4.69) is 0 Å². The quantitative estimate of drug-likeness (QED) is 0.610. The van der Waals surface area contributed by atoms with Crippen LogP contribution in [-0.2, 0) is 0 Å². The molecule has 0 aliphatic carbocycles. The molecule has 0 aliphatic rings. The Morgan fingerprint density at radius 3 is 1.90 bits per heavy atom. The van der Waals surface area contributed by atoms with Crippen molar-refractivity contribution in [2.24, 2.45) is 0 Å². The molecule has 0 saturated carbocycles. The van der Waals surface area contributed by atoms with E-state index in [1.807, 2.05) is 60.7 Å². The van der Waals surface area contributed by atoms with Gasteiger partial charge in [0.1, 0.15) is 4.87 Å². The van der Waals surface area contributed by atoms with Crippen molar-refractivity contribution < 1.29 is 4.87 Å². The highest BCUT2D eigenvalue weighted by molar-refractivity contribution is 5.48. The number of benzene rings is 2. The van der Waals surface area contributed by atoms with Gasteiger partial charge in [-0.1, -0.05) is 60.7 Å². The first-order valence-corrected chi connectivity index (χ1v) is 6.15. The van der Waals surface area contributed by atoms with Gasteiger partial charge in [0.05, 0.1) is 11.1 Å². The van der Waals surface area contributed by atoms with Crippen molar-refractivity contribution in [3.63, 3.8) is 0 Å². The van der Waals surface area contributed by atoms with Crippen LogP contribution in [0.25, 0.3) is 12.2 Å². The molecule has 4 heteroatoms. The zero-order valence-electron chi connectivity index (χ0n) is 10.8. The van der Waals surface area contributed by atoms with Crippen molar-refractivity contribution in [3.05, 3.63) is 94.3 Å². The van der Waals surface area contributed by atoms with Gasteiger partial charge in [-0.25, -0.2) is 0 Å². The summed E-state index contributed by atoms with van der Waals surface area (Å²) in [5.74, 6) is 0. The second kappa shape index (κ2) is 7.01. The maximum atomic E-state index is 11.5. The molecule has 100 valence electrons. The minimum Gasteiger partial charge on any atom is -0.699 e. The number of hydrazine groups is 1. The van der Waals surface area contributed by atoms with Crippen molar-refractivity contribution in [1.82, 2.24) is 5.17 Å². The predicted molar refractivity (Wildman–Crippen MR) is 79.8 cm³/mol. The van der Waals surface area contributed by atoms with Crippen LogP contribution >= 0.6 is 0 Å². The highest BCUT2D eigenvalue weighted by Crippen LogP contribution is 2.04. The van der Waals surface area contributed by atoms with Crippen LogP contribution in [0.4, 0.5) is 0 Å². The maximum absolute atomic E-state index is 11.5. The molecule has 0 unspecified atom stereocenters. The third kappa shape index (κ3) is 4.19. The smallest absolute Gasteiger partial charge is 0.257 e. The molecule has 4 nitrogen and oxygen atoms in total. The summed E-state index contributed by atoms with van der Waals surface area (Å²) in [7, 11) is 0. The third-order valence-corrected chi connectivity index (χ3v) is 2.58. The van der Waals surface area contributed by atoms with Crippen LogP contribution in [0.3, 0.4) is 0 Å². The molecule has 0 heterocycles. The van der Waals surface area contributed by atoms with Crippen LogP contribution < -0.4 is 0 Å². The molecule has 0 aliphatic heterocycles. The summed E-state index contributed by atoms with van der Waals surface area (Å²) < 4.78 is 0. The lowest BCUT2D eigenvalue weighted by Crippen LogP contribution is -2.16. The lowest BCUT2D eigenvalue weighted by molar-refractivity contribution is -0.622. The van der Waals surface area contributed by atoms with Gasteiger partial charge in [0.2, 0.25) is 0 Å². The Balaban J connectivity index is 1.96. The minimum atomic E-state index is 0.229. The normalized spacial score (nSPS) is 11.1. The van der Waals surface area contributed by atoms with E-state index in [0.29, 0.717) is 0 Å². The number of hydrogen-bond acceptors (Lipinski definition) is 2. The van der Waals surface area contributed by atoms with Gasteiger partial charge in [-0.05, 0) is 17.2 Å². The summed E-state index contributed by atoms with van der Waals surface area (Å²) in [5, 5.41) is 11.8. The molecule has 2 aromatic carbocycles. The highest BCUT2D eigenvalue weighted by atomic mass is 16.6. The van der Waals surface area contributed by atoms with E-state index in [1.54, 1.807) is 12.2 Å². The third-order valence-electron chi connectivity index (χ3n) is 2.58. The Kier molecular flexibility index (Phi) is 4.81. The number of nitroso groups, excluding NO2 is 1. The molecular formula is C16H14N2O2. The van der Waals surface area contributed by atoms with Gasteiger partial charge in [-0.15, -0.1) is 0 Å². The molecule has 2 rings (SSSR count). The number of hydroxylamine groups is 1. The molecule has 0 atom stereocenters. The van der Waals surface area contributed by atoms with Crippen molar-refractivity contribution >= 4 is 12.2 Å². The summed E-state index contributed by atoms with van der Waals surface area (Å²) >= 11 is 0. The van der Waals surface area contributed by atoms with Crippen LogP contribution in [-0.4, -0.2) is 10.0 Å². The van der Waals surface area contributed by atoms with Crippen molar-refractivity contribution in [2.45, 2.75) is 0 Å². The van der Waals surface area contributed by atoms with Gasteiger partial charge in [0.25, 0.3) is 6.20 Å². The maximum Gasteiger partial charge on any atom is 0.257 e.